The Kier molecular flexibility index (Phi) is 5.09. The molecule has 124 valence electrons. The standard InChI is InChI=1S/C19H22N4O/c1-14-8-15(10-20)9-19(22-14)21-11-18(24)13-23-7-6-16-4-2-3-5-17(16)12-23/h2-5,8-9,18,24H,6-7,11-13H2,1H3,(H,21,22)/t18-/m0/s1. The fourth-order valence-electron chi connectivity index (χ4n) is 3.12. The predicted octanol–water partition coefficient (Wildman–Crippen LogP) is 2.09. The van der Waals surface area contributed by atoms with Gasteiger partial charge >= 0.3 is 0 Å². The molecule has 2 N–H and O–H groups in total. The van der Waals surface area contributed by atoms with Gasteiger partial charge in [0.05, 0.1) is 17.7 Å². The van der Waals surface area contributed by atoms with Gasteiger partial charge in [-0.15, -0.1) is 0 Å². The summed E-state index contributed by atoms with van der Waals surface area (Å²) >= 11 is 0. The summed E-state index contributed by atoms with van der Waals surface area (Å²) in [5.74, 6) is 0.634. The summed E-state index contributed by atoms with van der Waals surface area (Å²) in [4.78, 5) is 6.62. The van der Waals surface area contributed by atoms with E-state index in [0.717, 1.165) is 25.2 Å². The lowest BCUT2D eigenvalue weighted by atomic mass is 10.00. The lowest BCUT2D eigenvalue weighted by Crippen LogP contribution is -2.39. The molecule has 5 heteroatoms. The van der Waals surface area contributed by atoms with E-state index >= 15 is 0 Å². The summed E-state index contributed by atoms with van der Waals surface area (Å²) in [7, 11) is 0. The van der Waals surface area contributed by atoms with E-state index in [2.05, 4.69) is 45.5 Å². The number of anilines is 1. The minimum atomic E-state index is -0.483. The number of fused-ring (bicyclic) bond motifs is 1. The summed E-state index contributed by atoms with van der Waals surface area (Å²) in [6.07, 6.45) is 0.546. The van der Waals surface area contributed by atoms with Gasteiger partial charge in [0.2, 0.25) is 0 Å². The fourth-order valence-corrected chi connectivity index (χ4v) is 3.12. The van der Waals surface area contributed by atoms with Crippen molar-refractivity contribution in [2.24, 2.45) is 0 Å². The number of aromatic nitrogens is 1. The highest BCUT2D eigenvalue weighted by molar-refractivity contribution is 5.44. The minimum absolute atomic E-state index is 0.416. The predicted molar refractivity (Wildman–Crippen MR) is 93.6 cm³/mol. The molecule has 3 rings (SSSR count). The minimum Gasteiger partial charge on any atom is -0.390 e. The molecule has 0 amide bonds. The molecular weight excluding hydrogens is 300 g/mol. The van der Waals surface area contributed by atoms with Gasteiger partial charge in [0.15, 0.2) is 0 Å². The van der Waals surface area contributed by atoms with Crippen molar-refractivity contribution in [2.75, 3.05) is 25.0 Å². The second-order valence-electron chi connectivity index (χ2n) is 6.28. The van der Waals surface area contributed by atoms with E-state index in [4.69, 9.17) is 5.26 Å². The highest BCUT2D eigenvalue weighted by atomic mass is 16.3. The van der Waals surface area contributed by atoms with Gasteiger partial charge in [0, 0.05) is 31.9 Å². The number of nitrogens with one attached hydrogen (secondary N) is 1. The Hall–Kier alpha value is -2.42. The molecule has 1 aromatic carbocycles. The van der Waals surface area contributed by atoms with Crippen molar-refractivity contribution in [1.82, 2.24) is 9.88 Å². The van der Waals surface area contributed by atoms with Gasteiger partial charge in [0.25, 0.3) is 0 Å². The summed E-state index contributed by atoms with van der Waals surface area (Å²) in [5.41, 5.74) is 4.13. The number of aryl methyl sites for hydroxylation is 1. The number of pyridine rings is 1. The van der Waals surface area contributed by atoms with E-state index in [1.807, 2.05) is 6.92 Å². The first kappa shape index (κ1) is 16.4. The molecule has 2 aromatic rings. The van der Waals surface area contributed by atoms with E-state index in [1.165, 1.54) is 11.1 Å². The number of aliphatic hydroxyl groups is 1. The lowest BCUT2D eigenvalue weighted by Gasteiger charge is -2.30. The Labute approximate surface area is 142 Å². The van der Waals surface area contributed by atoms with Crippen molar-refractivity contribution in [1.29, 1.82) is 5.26 Å². The van der Waals surface area contributed by atoms with Crippen LogP contribution in [0.25, 0.3) is 0 Å². The van der Waals surface area contributed by atoms with Gasteiger partial charge in [-0.1, -0.05) is 24.3 Å². The van der Waals surface area contributed by atoms with Crippen LogP contribution in [0.1, 0.15) is 22.4 Å². The average Bonchev–Trinajstić information content (AvgIpc) is 2.59. The van der Waals surface area contributed by atoms with Crippen LogP contribution >= 0.6 is 0 Å². The smallest absolute Gasteiger partial charge is 0.127 e. The molecule has 0 fully saturated rings. The largest absolute Gasteiger partial charge is 0.390 e. The van der Waals surface area contributed by atoms with E-state index < -0.39 is 6.10 Å². The number of aliphatic hydroxyl groups excluding tert-OH is 1. The highest BCUT2D eigenvalue weighted by Gasteiger charge is 2.18. The SMILES string of the molecule is Cc1cc(C#N)cc(NC[C@H](O)CN2CCc3ccccc3C2)n1. The number of nitrogens with zero attached hydrogens (tertiary/aromatic N) is 3. The molecule has 2 heterocycles. The topological polar surface area (TPSA) is 72.2 Å². The van der Waals surface area contributed by atoms with Gasteiger partial charge < -0.3 is 10.4 Å². The first-order valence-electron chi connectivity index (χ1n) is 8.24. The number of benzene rings is 1. The third-order valence-electron chi connectivity index (χ3n) is 4.28. The van der Waals surface area contributed by atoms with Crippen LogP contribution in [0.15, 0.2) is 36.4 Å². The number of hydrogen-bond acceptors (Lipinski definition) is 5. The first-order chi connectivity index (χ1) is 11.6. The second kappa shape index (κ2) is 7.43. The zero-order chi connectivity index (χ0) is 16.9. The third-order valence-corrected chi connectivity index (χ3v) is 4.28. The normalized spacial score (nSPS) is 15.4. The molecule has 0 aliphatic carbocycles. The maximum Gasteiger partial charge on any atom is 0.127 e. The van der Waals surface area contributed by atoms with E-state index in [1.54, 1.807) is 12.1 Å². The number of β-amino-alcohol motifs (C(OH)–C–C–N with tert-alkyl or cyclic N) is 1. The Bertz CT molecular complexity index is 753. The van der Waals surface area contributed by atoms with Crippen LogP contribution in [0.5, 0.6) is 0 Å². The molecule has 5 nitrogen and oxygen atoms in total. The van der Waals surface area contributed by atoms with Crippen molar-refractivity contribution in [3.63, 3.8) is 0 Å². The van der Waals surface area contributed by atoms with Gasteiger partial charge in [-0.3, -0.25) is 4.90 Å². The van der Waals surface area contributed by atoms with E-state index in [0.29, 0.717) is 24.5 Å². The Morgan fingerprint density at radius 2 is 2.12 bits per heavy atom. The summed E-state index contributed by atoms with van der Waals surface area (Å²) in [6, 6.07) is 14.1. The van der Waals surface area contributed by atoms with Crippen LogP contribution in [-0.4, -0.2) is 40.7 Å². The van der Waals surface area contributed by atoms with Crippen LogP contribution in [-0.2, 0) is 13.0 Å². The Morgan fingerprint density at radius 1 is 1.33 bits per heavy atom. The Balaban J connectivity index is 1.53. The second-order valence-corrected chi connectivity index (χ2v) is 6.28. The van der Waals surface area contributed by atoms with Crippen LogP contribution < -0.4 is 5.32 Å². The van der Waals surface area contributed by atoms with Crippen LogP contribution in [0.4, 0.5) is 5.82 Å². The third kappa shape index (κ3) is 4.10. The van der Waals surface area contributed by atoms with E-state index in [-0.39, 0.29) is 0 Å². The molecule has 0 saturated carbocycles. The van der Waals surface area contributed by atoms with Crippen molar-refractivity contribution < 1.29 is 5.11 Å². The van der Waals surface area contributed by atoms with Crippen LogP contribution in [0.3, 0.4) is 0 Å². The van der Waals surface area contributed by atoms with Crippen molar-refractivity contribution in [3.8, 4) is 6.07 Å². The molecule has 1 aliphatic heterocycles. The Morgan fingerprint density at radius 3 is 2.92 bits per heavy atom. The van der Waals surface area contributed by atoms with Gasteiger partial charge in [0.1, 0.15) is 5.82 Å². The molecular formula is C19H22N4O. The zero-order valence-corrected chi connectivity index (χ0v) is 13.9. The zero-order valence-electron chi connectivity index (χ0n) is 13.9. The molecule has 1 atom stereocenters. The molecule has 0 unspecified atom stereocenters. The molecule has 24 heavy (non-hydrogen) atoms. The van der Waals surface area contributed by atoms with Gasteiger partial charge in [-0.25, -0.2) is 4.98 Å². The van der Waals surface area contributed by atoms with Crippen LogP contribution in [0, 0.1) is 18.3 Å². The summed E-state index contributed by atoms with van der Waals surface area (Å²) in [5, 5.41) is 22.4. The van der Waals surface area contributed by atoms with E-state index in [9.17, 15) is 5.11 Å². The molecule has 0 radical (unpaired) electrons. The van der Waals surface area contributed by atoms with Crippen LogP contribution in [0.2, 0.25) is 0 Å². The monoisotopic (exact) mass is 322 g/mol. The number of hydrogen-bond donors (Lipinski definition) is 2. The lowest BCUT2D eigenvalue weighted by molar-refractivity contribution is 0.114. The number of rotatable bonds is 5. The highest BCUT2D eigenvalue weighted by Crippen LogP contribution is 2.18. The van der Waals surface area contributed by atoms with Gasteiger partial charge in [-0.2, -0.15) is 5.26 Å². The fraction of sp³-hybridized carbons (Fsp3) is 0.368. The molecule has 1 aromatic heterocycles. The molecule has 0 bridgehead atoms. The molecule has 0 saturated heterocycles. The van der Waals surface area contributed by atoms with Gasteiger partial charge in [-0.05, 0) is 36.6 Å². The van der Waals surface area contributed by atoms with Crippen molar-refractivity contribution in [2.45, 2.75) is 26.0 Å². The number of nitriles is 1. The maximum atomic E-state index is 10.3. The maximum absolute atomic E-state index is 10.3. The van der Waals surface area contributed by atoms with Crippen molar-refractivity contribution >= 4 is 5.82 Å². The first-order valence-corrected chi connectivity index (χ1v) is 8.24. The quantitative estimate of drug-likeness (QED) is 0.882. The summed E-state index contributed by atoms with van der Waals surface area (Å²) in [6.45, 7) is 4.75. The van der Waals surface area contributed by atoms with Crippen molar-refractivity contribution in [3.05, 3.63) is 58.8 Å². The average molecular weight is 322 g/mol. The molecule has 0 spiro atoms. The molecule has 1 aliphatic rings. The summed E-state index contributed by atoms with van der Waals surface area (Å²) < 4.78 is 0.